The molecule has 1 nitrogen and oxygen atoms in total. The number of halogens is 2. The second kappa shape index (κ2) is 4.62. The van der Waals surface area contributed by atoms with Crippen LogP contribution in [0, 0.1) is 5.82 Å². The first kappa shape index (κ1) is 10.4. The number of benzene rings is 1. The third kappa shape index (κ3) is 2.48. The van der Waals surface area contributed by atoms with Crippen molar-refractivity contribution < 1.29 is 8.81 Å². The summed E-state index contributed by atoms with van der Waals surface area (Å²) in [5.41, 5.74) is 1.74. The lowest BCUT2D eigenvalue weighted by molar-refractivity contribution is 0.563. The van der Waals surface area contributed by atoms with Gasteiger partial charge in [-0.15, -0.1) is 0 Å². The van der Waals surface area contributed by atoms with Gasteiger partial charge < -0.3 is 4.42 Å². The van der Waals surface area contributed by atoms with E-state index in [0.717, 1.165) is 5.56 Å². The summed E-state index contributed by atoms with van der Waals surface area (Å²) in [4.78, 5) is 0.0909. The molecule has 0 amide bonds. The molecule has 1 aromatic heterocycles. The molecule has 0 bridgehead atoms. The zero-order chi connectivity index (χ0) is 10.7. The summed E-state index contributed by atoms with van der Waals surface area (Å²) in [5.74, 6) is -0.162. The molecular formula is C12H10BrFO. The van der Waals surface area contributed by atoms with Crippen LogP contribution in [0.2, 0.25) is 0 Å². The van der Waals surface area contributed by atoms with E-state index in [9.17, 15) is 4.39 Å². The van der Waals surface area contributed by atoms with Gasteiger partial charge in [0, 0.05) is 10.4 Å². The monoisotopic (exact) mass is 268 g/mol. The first-order valence-corrected chi connectivity index (χ1v) is 5.58. The molecule has 1 unspecified atom stereocenters. The Balaban J connectivity index is 2.13. The molecule has 15 heavy (non-hydrogen) atoms. The molecule has 0 saturated carbocycles. The lowest BCUT2D eigenvalue weighted by atomic mass is 10.1. The maximum absolute atomic E-state index is 13.3. The van der Waals surface area contributed by atoms with Crippen molar-refractivity contribution in [1.29, 1.82) is 0 Å². The van der Waals surface area contributed by atoms with Gasteiger partial charge in [-0.1, -0.05) is 34.1 Å². The predicted molar refractivity (Wildman–Crippen MR) is 60.5 cm³/mol. The fourth-order valence-electron chi connectivity index (χ4n) is 1.43. The van der Waals surface area contributed by atoms with E-state index in [2.05, 4.69) is 15.9 Å². The van der Waals surface area contributed by atoms with Crippen molar-refractivity contribution in [2.45, 2.75) is 11.2 Å². The van der Waals surface area contributed by atoms with Gasteiger partial charge in [0.15, 0.2) is 0 Å². The van der Waals surface area contributed by atoms with E-state index in [4.69, 9.17) is 4.42 Å². The van der Waals surface area contributed by atoms with Crippen LogP contribution in [-0.2, 0) is 6.42 Å². The smallest absolute Gasteiger partial charge is 0.126 e. The number of furan rings is 1. The Morgan fingerprint density at radius 2 is 2.07 bits per heavy atom. The molecule has 0 aliphatic carbocycles. The summed E-state index contributed by atoms with van der Waals surface area (Å²) in [5, 5.41) is 0. The van der Waals surface area contributed by atoms with Gasteiger partial charge in [-0.2, -0.15) is 0 Å². The number of rotatable bonds is 3. The van der Waals surface area contributed by atoms with E-state index in [0.29, 0.717) is 12.0 Å². The lowest BCUT2D eigenvalue weighted by Crippen LogP contribution is -1.96. The predicted octanol–water partition coefficient (Wildman–Crippen LogP) is 4.10. The molecule has 1 atom stereocenters. The highest BCUT2D eigenvalue weighted by atomic mass is 79.9. The average molecular weight is 269 g/mol. The first-order chi connectivity index (χ1) is 7.27. The highest BCUT2D eigenvalue weighted by molar-refractivity contribution is 9.09. The fourth-order valence-corrected chi connectivity index (χ4v) is 2.04. The third-order valence-electron chi connectivity index (χ3n) is 2.26. The largest absolute Gasteiger partial charge is 0.472 e. The Labute approximate surface area is 96.0 Å². The van der Waals surface area contributed by atoms with Crippen LogP contribution in [0.4, 0.5) is 4.39 Å². The third-order valence-corrected chi connectivity index (χ3v) is 3.11. The van der Waals surface area contributed by atoms with Crippen LogP contribution in [0.3, 0.4) is 0 Å². The standard InChI is InChI=1S/C12H10BrFO/c13-11(10-5-6-15-8-10)7-9-3-1-2-4-12(9)14/h1-6,8,11H,7H2. The quantitative estimate of drug-likeness (QED) is 0.764. The number of hydrogen-bond donors (Lipinski definition) is 0. The molecular weight excluding hydrogens is 259 g/mol. The Hall–Kier alpha value is -1.09. The van der Waals surface area contributed by atoms with E-state index in [1.807, 2.05) is 12.1 Å². The van der Waals surface area contributed by atoms with Gasteiger partial charge in [-0.3, -0.25) is 0 Å². The van der Waals surface area contributed by atoms with Crippen molar-refractivity contribution >= 4 is 15.9 Å². The average Bonchev–Trinajstić information content (AvgIpc) is 2.74. The Morgan fingerprint density at radius 1 is 1.27 bits per heavy atom. The molecule has 3 heteroatoms. The van der Waals surface area contributed by atoms with E-state index < -0.39 is 0 Å². The second-order valence-corrected chi connectivity index (χ2v) is 4.43. The minimum Gasteiger partial charge on any atom is -0.472 e. The Bertz CT molecular complexity index is 425. The summed E-state index contributed by atoms with van der Waals surface area (Å²) in [6, 6.07) is 8.68. The van der Waals surface area contributed by atoms with E-state index in [1.54, 1.807) is 24.7 Å². The summed E-state index contributed by atoms with van der Waals surface area (Å²) in [6.07, 6.45) is 3.90. The molecule has 2 rings (SSSR count). The highest BCUT2D eigenvalue weighted by Gasteiger charge is 2.11. The molecule has 0 saturated heterocycles. The second-order valence-electron chi connectivity index (χ2n) is 3.32. The van der Waals surface area contributed by atoms with Crippen LogP contribution < -0.4 is 0 Å². The van der Waals surface area contributed by atoms with E-state index in [1.165, 1.54) is 6.07 Å². The number of hydrogen-bond acceptors (Lipinski definition) is 1. The van der Waals surface area contributed by atoms with Gasteiger partial charge in [0.2, 0.25) is 0 Å². The minimum absolute atomic E-state index is 0.0909. The van der Waals surface area contributed by atoms with Gasteiger partial charge in [-0.25, -0.2) is 4.39 Å². The van der Waals surface area contributed by atoms with Crippen LogP contribution in [-0.4, -0.2) is 0 Å². The zero-order valence-corrected chi connectivity index (χ0v) is 9.58. The van der Waals surface area contributed by atoms with Gasteiger partial charge in [0.05, 0.1) is 12.5 Å². The maximum atomic E-state index is 13.3. The van der Waals surface area contributed by atoms with Gasteiger partial charge in [-0.05, 0) is 24.1 Å². The zero-order valence-electron chi connectivity index (χ0n) is 7.99. The number of alkyl halides is 1. The molecule has 0 aliphatic rings. The SMILES string of the molecule is Fc1ccccc1CC(Br)c1ccoc1. The molecule has 0 radical (unpaired) electrons. The van der Waals surface area contributed by atoms with Crippen molar-refractivity contribution in [3.05, 3.63) is 59.8 Å². The van der Waals surface area contributed by atoms with Crippen LogP contribution in [0.5, 0.6) is 0 Å². The van der Waals surface area contributed by atoms with Crippen molar-refractivity contribution in [3.63, 3.8) is 0 Å². The van der Waals surface area contributed by atoms with Crippen LogP contribution in [0.25, 0.3) is 0 Å². The topological polar surface area (TPSA) is 13.1 Å². The normalized spacial score (nSPS) is 12.7. The molecule has 0 spiro atoms. The first-order valence-electron chi connectivity index (χ1n) is 4.67. The molecule has 78 valence electrons. The van der Waals surface area contributed by atoms with Crippen LogP contribution >= 0.6 is 15.9 Å². The molecule has 2 aromatic rings. The van der Waals surface area contributed by atoms with Crippen molar-refractivity contribution in [1.82, 2.24) is 0 Å². The fraction of sp³-hybridized carbons (Fsp3) is 0.167. The molecule has 0 fully saturated rings. The minimum atomic E-state index is -0.162. The van der Waals surface area contributed by atoms with Crippen LogP contribution in [0.1, 0.15) is 16.0 Å². The lowest BCUT2D eigenvalue weighted by Gasteiger charge is -2.07. The molecule has 0 aliphatic heterocycles. The van der Waals surface area contributed by atoms with Crippen molar-refractivity contribution in [2.24, 2.45) is 0 Å². The molecule has 1 aromatic carbocycles. The highest BCUT2D eigenvalue weighted by Crippen LogP contribution is 2.27. The summed E-state index contributed by atoms with van der Waals surface area (Å²) in [6.45, 7) is 0. The molecule has 0 N–H and O–H groups in total. The summed E-state index contributed by atoms with van der Waals surface area (Å²) >= 11 is 3.51. The van der Waals surface area contributed by atoms with Crippen molar-refractivity contribution in [2.75, 3.05) is 0 Å². The Kier molecular flexibility index (Phi) is 3.21. The summed E-state index contributed by atoms with van der Waals surface area (Å²) < 4.78 is 18.3. The van der Waals surface area contributed by atoms with Gasteiger partial charge in [0.25, 0.3) is 0 Å². The maximum Gasteiger partial charge on any atom is 0.126 e. The van der Waals surface area contributed by atoms with Gasteiger partial charge in [0.1, 0.15) is 5.82 Å². The molecule has 1 heterocycles. The van der Waals surface area contributed by atoms with Crippen molar-refractivity contribution in [3.8, 4) is 0 Å². The van der Waals surface area contributed by atoms with E-state index in [-0.39, 0.29) is 10.6 Å². The van der Waals surface area contributed by atoms with Gasteiger partial charge >= 0.3 is 0 Å². The van der Waals surface area contributed by atoms with E-state index >= 15 is 0 Å². The van der Waals surface area contributed by atoms with Crippen LogP contribution in [0.15, 0.2) is 47.3 Å². The summed E-state index contributed by atoms with van der Waals surface area (Å²) in [7, 11) is 0. The Morgan fingerprint density at radius 3 is 2.73 bits per heavy atom.